The molecule has 104 valence electrons. The summed E-state index contributed by atoms with van der Waals surface area (Å²) in [7, 11) is 2.09. The molecule has 1 aromatic heterocycles. The molecule has 0 bridgehead atoms. The van der Waals surface area contributed by atoms with Crippen molar-refractivity contribution in [1.29, 1.82) is 0 Å². The number of nitrogens with one attached hydrogen (secondary N) is 1. The van der Waals surface area contributed by atoms with Gasteiger partial charge in [0.25, 0.3) is 5.91 Å². The Bertz CT molecular complexity index is 447. The van der Waals surface area contributed by atoms with Crippen molar-refractivity contribution >= 4 is 29.1 Å². The van der Waals surface area contributed by atoms with E-state index in [2.05, 4.69) is 22.2 Å². The van der Waals surface area contributed by atoms with Crippen LogP contribution in [0, 0.1) is 0 Å². The standard InChI is InChI=1S/C13H17Cl2N3O/c1-18-5-3-2-4-10(18)8-16-13(19)9-6-11(14)17-12(15)7-9/h6-7,10H,2-5,8H2,1H3,(H,16,19). The molecule has 0 spiro atoms. The molecule has 0 radical (unpaired) electrons. The molecule has 2 heterocycles. The van der Waals surface area contributed by atoms with Crippen LogP contribution in [0.1, 0.15) is 29.6 Å². The normalized spacial score (nSPS) is 20.3. The topological polar surface area (TPSA) is 45.2 Å². The summed E-state index contributed by atoms with van der Waals surface area (Å²) in [6.07, 6.45) is 3.57. The van der Waals surface area contributed by atoms with Crippen molar-refractivity contribution in [2.24, 2.45) is 0 Å². The zero-order valence-electron chi connectivity index (χ0n) is 10.8. The number of aromatic nitrogens is 1. The summed E-state index contributed by atoms with van der Waals surface area (Å²) in [4.78, 5) is 18.1. The van der Waals surface area contributed by atoms with Crippen LogP contribution in [-0.2, 0) is 0 Å². The van der Waals surface area contributed by atoms with Gasteiger partial charge in [0, 0.05) is 18.2 Å². The van der Waals surface area contributed by atoms with E-state index in [1.165, 1.54) is 25.0 Å². The lowest BCUT2D eigenvalue weighted by atomic mass is 10.0. The third-order valence-electron chi connectivity index (χ3n) is 3.44. The molecular formula is C13H17Cl2N3O. The molecule has 1 atom stereocenters. The lowest BCUT2D eigenvalue weighted by molar-refractivity contribution is 0.0928. The second-order valence-electron chi connectivity index (χ2n) is 4.84. The van der Waals surface area contributed by atoms with Gasteiger partial charge in [-0.15, -0.1) is 0 Å². The third kappa shape index (κ3) is 4.06. The largest absolute Gasteiger partial charge is 0.350 e. The number of hydrogen-bond donors (Lipinski definition) is 1. The first-order valence-electron chi connectivity index (χ1n) is 6.38. The van der Waals surface area contributed by atoms with Crippen molar-refractivity contribution in [3.63, 3.8) is 0 Å². The highest BCUT2D eigenvalue weighted by atomic mass is 35.5. The van der Waals surface area contributed by atoms with Crippen molar-refractivity contribution in [2.75, 3.05) is 20.1 Å². The van der Waals surface area contributed by atoms with Gasteiger partial charge in [-0.3, -0.25) is 4.79 Å². The van der Waals surface area contributed by atoms with Gasteiger partial charge in [-0.25, -0.2) is 4.98 Å². The SMILES string of the molecule is CN1CCCCC1CNC(=O)c1cc(Cl)nc(Cl)c1. The fourth-order valence-electron chi connectivity index (χ4n) is 2.31. The highest BCUT2D eigenvalue weighted by Gasteiger charge is 2.19. The van der Waals surface area contributed by atoms with Crippen LogP contribution >= 0.6 is 23.2 Å². The predicted octanol–water partition coefficient (Wildman–Crippen LogP) is 2.60. The molecule has 1 amide bonds. The van der Waals surface area contributed by atoms with Gasteiger partial charge in [0.15, 0.2) is 0 Å². The van der Waals surface area contributed by atoms with Crippen molar-refractivity contribution in [1.82, 2.24) is 15.2 Å². The monoisotopic (exact) mass is 301 g/mol. The Morgan fingerprint density at radius 2 is 2.11 bits per heavy atom. The third-order valence-corrected chi connectivity index (χ3v) is 3.83. The maximum absolute atomic E-state index is 12.0. The molecule has 0 saturated carbocycles. The van der Waals surface area contributed by atoms with Crippen LogP contribution in [0.15, 0.2) is 12.1 Å². The Balaban J connectivity index is 1.93. The van der Waals surface area contributed by atoms with Gasteiger partial charge in [-0.2, -0.15) is 0 Å². The Morgan fingerprint density at radius 1 is 1.42 bits per heavy atom. The second kappa shape index (κ2) is 6.55. The van der Waals surface area contributed by atoms with Crippen LogP contribution < -0.4 is 5.32 Å². The van der Waals surface area contributed by atoms with E-state index in [4.69, 9.17) is 23.2 Å². The summed E-state index contributed by atoms with van der Waals surface area (Å²) in [6.45, 7) is 1.74. The number of nitrogens with zero attached hydrogens (tertiary/aromatic N) is 2. The lowest BCUT2D eigenvalue weighted by Gasteiger charge is -2.32. The van der Waals surface area contributed by atoms with E-state index in [1.54, 1.807) is 0 Å². The first kappa shape index (κ1) is 14.6. The minimum Gasteiger partial charge on any atom is -0.350 e. The molecule has 1 N–H and O–H groups in total. The zero-order valence-corrected chi connectivity index (χ0v) is 12.3. The van der Waals surface area contributed by atoms with E-state index in [0.29, 0.717) is 18.2 Å². The van der Waals surface area contributed by atoms with E-state index < -0.39 is 0 Å². The van der Waals surface area contributed by atoms with Gasteiger partial charge in [0.2, 0.25) is 0 Å². The van der Waals surface area contributed by atoms with Crippen LogP contribution in [0.2, 0.25) is 10.3 Å². The first-order chi connectivity index (χ1) is 9.06. The average Bonchev–Trinajstić information content (AvgIpc) is 2.36. The van der Waals surface area contributed by atoms with Crippen LogP contribution in [0.3, 0.4) is 0 Å². The van der Waals surface area contributed by atoms with Gasteiger partial charge >= 0.3 is 0 Å². The molecule has 1 saturated heterocycles. The number of carbonyl (C=O) groups excluding carboxylic acids is 1. The van der Waals surface area contributed by atoms with Crippen molar-refractivity contribution in [3.8, 4) is 0 Å². The number of hydrogen-bond acceptors (Lipinski definition) is 3. The van der Waals surface area contributed by atoms with Gasteiger partial charge in [0.05, 0.1) is 0 Å². The molecule has 2 rings (SSSR count). The lowest BCUT2D eigenvalue weighted by Crippen LogP contribution is -2.44. The molecule has 1 unspecified atom stereocenters. The number of pyridine rings is 1. The molecular weight excluding hydrogens is 285 g/mol. The van der Waals surface area contributed by atoms with Crippen molar-refractivity contribution in [3.05, 3.63) is 28.0 Å². The highest BCUT2D eigenvalue weighted by molar-refractivity contribution is 6.33. The Hall–Kier alpha value is -0.840. The zero-order chi connectivity index (χ0) is 13.8. The average molecular weight is 302 g/mol. The molecule has 6 heteroatoms. The summed E-state index contributed by atoms with van der Waals surface area (Å²) in [5.74, 6) is -0.162. The minimum atomic E-state index is -0.162. The number of rotatable bonds is 3. The number of amides is 1. The molecule has 19 heavy (non-hydrogen) atoms. The van der Waals surface area contributed by atoms with Crippen LogP contribution in [-0.4, -0.2) is 42.0 Å². The van der Waals surface area contributed by atoms with Gasteiger partial charge in [0.1, 0.15) is 10.3 Å². The number of likely N-dealkylation sites (N-methyl/N-ethyl adjacent to an activating group) is 1. The van der Waals surface area contributed by atoms with Crippen LogP contribution in [0.5, 0.6) is 0 Å². The smallest absolute Gasteiger partial charge is 0.251 e. The van der Waals surface area contributed by atoms with Crippen molar-refractivity contribution in [2.45, 2.75) is 25.3 Å². The van der Waals surface area contributed by atoms with Gasteiger partial charge in [-0.1, -0.05) is 29.6 Å². The van der Waals surface area contributed by atoms with E-state index in [-0.39, 0.29) is 16.2 Å². The predicted molar refractivity (Wildman–Crippen MR) is 76.9 cm³/mol. The summed E-state index contributed by atoms with van der Waals surface area (Å²) < 4.78 is 0. The Kier molecular flexibility index (Phi) is 5.02. The fourth-order valence-corrected chi connectivity index (χ4v) is 2.77. The number of halogens is 2. The maximum Gasteiger partial charge on any atom is 0.251 e. The van der Waals surface area contributed by atoms with Crippen LogP contribution in [0.4, 0.5) is 0 Å². The Labute approximate surface area is 123 Å². The number of likely N-dealkylation sites (tertiary alicyclic amines) is 1. The second-order valence-corrected chi connectivity index (χ2v) is 5.62. The summed E-state index contributed by atoms with van der Waals surface area (Å²) in [5.41, 5.74) is 0.448. The highest BCUT2D eigenvalue weighted by Crippen LogP contribution is 2.16. The molecule has 0 aromatic carbocycles. The van der Waals surface area contributed by atoms with E-state index in [1.807, 2.05) is 0 Å². The Morgan fingerprint density at radius 3 is 2.74 bits per heavy atom. The quantitative estimate of drug-likeness (QED) is 0.873. The first-order valence-corrected chi connectivity index (χ1v) is 7.13. The summed E-state index contributed by atoms with van der Waals surface area (Å²) in [6, 6.07) is 3.45. The summed E-state index contributed by atoms with van der Waals surface area (Å²) >= 11 is 11.6. The van der Waals surface area contributed by atoms with E-state index in [0.717, 1.165) is 13.0 Å². The van der Waals surface area contributed by atoms with Gasteiger partial charge < -0.3 is 10.2 Å². The van der Waals surface area contributed by atoms with Crippen LogP contribution in [0.25, 0.3) is 0 Å². The number of piperidine rings is 1. The van der Waals surface area contributed by atoms with Crippen molar-refractivity contribution < 1.29 is 4.79 Å². The molecule has 1 aliphatic heterocycles. The molecule has 0 aliphatic carbocycles. The number of carbonyl (C=O) groups is 1. The molecule has 1 aromatic rings. The van der Waals surface area contributed by atoms with E-state index >= 15 is 0 Å². The summed E-state index contributed by atoms with van der Waals surface area (Å²) in [5, 5.41) is 3.39. The molecule has 1 fully saturated rings. The van der Waals surface area contributed by atoms with E-state index in [9.17, 15) is 4.79 Å². The van der Waals surface area contributed by atoms with Gasteiger partial charge in [-0.05, 0) is 38.6 Å². The fraction of sp³-hybridized carbons (Fsp3) is 0.538. The molecule has 1 aliphatic rings. The molecule has 4 nitrogen and oxygen atoms in total. The minimum absolute atomic E-state index is 0.162. The maximum atomic E-state index is 12.0.